The Labute approximate surface area is 131 Å². The van der Waals surface area contributed by atoms with Crippen LogP contribution in [0.5, 0.6) is 0 Å². The molecule has 1 amide bonds. The Kier molecular flexibility index (Phi) is 3.25. The van der Waals surface area contributed by atoms with Gasteiger partial charge in [-0.15, -0.1) is 0 Å². The maximum Gasteiger partial charge on any atom is 0.258 e. The van der Waals surface area contributed by atoms with E-state index in [1.165, 1.54) is 38.1 Å². The summed E-state index contributed by atoms with van der Waals surface area (Å²) in [4.78, 5) is 50.8. The van der Waals surface area contributed by atoms with Crippen molar-refractivity contribution >= 4 is 23.3 Å². The second kappa shape index (κ2) is 5.01. The predicted octanol–water partition coefficient (Wildman–Crippen LogP) is 1.96. The highest BCUT2D eigenvalue weighted by atomic mass is 16.4. The lowest BCUT2D eigenvalue weighted by molar-refractivity contribution is 0.0813. The third kappa shape index (κ3) is 2.03. The van der Waals surface area contributed by atoms with E-state index in [4.69, 9.17) is 4.42 Å². The van der Waals surface area contributed by atoms with Crippen LogP contribution in [0.25, 0.3) is 0 Å². The maximum absolute atomic E-state index is 12.7. The predicted molar refractivity (Wildman–Crippen MR) is 80.0 cm³/mol. The molecule has 0 radical (unpaired) electrons. The van der Waals surface area contributed by atoms with Crippen molar-refractivity contribution in [1.82, 2.24) is 4.90 Å². The minimum atomic E-state index is -0.555. The SMILES string of the molecule is CC(=O)c1oc2c(c1C(=O)N(C)C)C(=O)c1ccccc1C2=O. The molecule has 0 spiro atoms. The largest absolute Gasteiger partial charge is 0.448 e. The van der Waals surface area contributed by atoms with Gasteiger partial charge in [-0.2, -0.15) is 0 Å². The molecule has 6 heteroatoms. The average molecular weight is 311 g/mol. The van der Waals surface area contributed by atoms with Gasteiger partial charge in [0.1, 0.15) is 5.56 Å². The van der Waals surface area contributed by atoms with E-state index >= 15 is 0 Å². The lowest BCUT2D eigenvalue weighted by Crippen LogP contribution is -2.27. The van der Waals surface area contributed by atoms with E-state index in [1.54, 1.807) is 12.1 Å². The van der Waals surface area contributed by atoms with E-state index in [0.29, 0.717) is 0 Å². The molecule has 6 nitrogen and oxygen atoms in total. The van der Waals surface area contributed by atoms with Crippen LogP contribution in [0, 0.1) is 0 Å². The maximum atomic E-state index is 12.7. The smallest absolute Gasteiger partial charge is 0.258 e. The van der Waals surface area contributed by atoms with E-state index < -0.39 is 23.3 Å². The van der Waals surface area contributed by atoms with Crippen molar-refractivity contribution in [2.24, 2.45) is 0 Å². The van der Waals surface area contributed by atoms with E-state index in [9.17, 15) is 19.2 Å². The fourth-order valence-electron chi connectivity index (χ4n) is 2.62. The van der Waals surface area contributed by atoms with Gasteiger partial charge in [0.25, 0.3) is 5.91 Å². The number of benzene rings is 1. The molecular formula is C17H13NO5. The molecule has 0 aliphatic heterocycles. The number of fused-ring (bicyclic) bond motifs is 2. The monoisotopic (exact) mass is 311 g/mol. The Balaban J connectivity index is 2.35. The summed E-state index contributed by atoms with van der Waals surface area (Å²) in [6.07, 6.45) is 0. The molecule has 23 heavy (non-hydrogen) atoms. The molecule has 1 aromatic heterocycles. The number of amides is 1. The molecule has 1 aromatic carbocycles. The first kappa shape index (κ1) is 14.9. The lowest BCUT2D eigenvalue weighted by atomic mass is 9.86. The van der Waals surface area contributed by atoms with Crippen LogP contribution in [0.3, 0.4) is 0 Å². The van der Waals surface area contributed by atoms with Gasteiger partial charge in [0.05, 0.1) is 5.56 Å². The minimum absolute atomic E-state index is 0.127. The van der Waals surface area contributed by atoms with Crippen LogP contribution >= 0.6 is 0 Å². The van der Waals surface area contributed by atoms with Gasteiger partial charge in [-0.25, -0.2) is 0 Å². The average Bonchev–Trinajstić information content (AvgIpc) is 2.92. The molecule has 0 atom stereocenters. The van der Waals surface area contributed by atoms with Gasteiger partial charge in [-0.1, -0.05) is 24.3 Å². The molecule has 2 aromatic rings. The van der Waals surface area contributed by atoms with Crippen LogP contribution in [0.1, 0.15) is 59.9 Å². The van der Waals surface area contributed by atoms with Crippen molar-refractivity contribution < 1.29 is 23.6 Å². The highest BCUT2D eigenvalue weighted by Gasteiger charge is 2.40. The molecule has 0 N–H and O–H groups in total. The summed E-state index contributed by atoms with van der Waals surface area (Å²) in [5.41, 5.74) is 0.134. The summed E-state index contributed by atoms with van der Waals surface area (Å²) in [5, 5.41) is 0. The van der Waals surface area contributed by atoms with Crippen LogP contribution in [-0.4, -0.2) is 42.3 Å². The zero-order valence-electron chi connectivity index (χ0n) is 12.8. The number of nitrogens with zero attached hydrogens (tertiary/aromatic N) is 1. The van der Waals surface area contributed by atoms with Gasteiger partial charge in [0, 0.05) is 32.1 Å². The molecule has 0 unspecified atom stereocenters. The first-order chi connectivity index (χ1) is 10.8. The third-order valence-corrected chi connectivity index (χ3v) is 3.70. The number of Topliss-reactive ketones (excluding diaryl/α,β-unsaturated/α-hetero) is 1. The number of ketones is 3. The Hall–Kier alpha value is -3.02. The second-order valence-corrected chi connectivity index (χ2v) is 5.47. The Bertz CT molecular complexity index is 888. The number of rotatable bonds is 2. The van der Waals surface area contributed by atoms with Gasteiger partial charge in [-0.05, 0) is 0 Å². The second-order valence-electron chi connectivity index (χ2n) is 5.47. The van der Waals surface area contributed by atoms with Crippen molar-refractivity contribution in [3.8, 4) is 0 Å². The Morgan fingerprint density at radius 3 is 2.09 bits per heavy atom. The molecular weight excluding hydrogens is 298 g/mol. The molecule has 116 valence electrons. The van der Waals surface area contributed by atoms with Crippen LogP contribution in [0.2, 0.25) is 0 Å². The fraction of sp³-hybridized carbons (Fsp3) is 0.176. The number of furan rings is 1. The summed E-state index contributed by atoms with van der Waals surface area (Å²) < 4.78 is 5.34. The van der Waals surface area contributed by atoms with Crippen molar-refractivity contribution in [3.63, 3.8) is 0 Å². The lowest BCUT2D eigenvalue weighted by Gasteiger charge is -2.15. The van der Waals surface area contributed by atoms with E-state index in [0.717, 1.165) is 0 Å². The van der Waals surface area contributed by atoms with Crippen LogP contribution in [0.4, 0.5) is 0 Å². The summed E-state index contributed by atoms with van der Waals surface area (Å²) in [6.45, 7) is 1.22. The zero-order valence-corrected chi connectivity index (χ0v) is 12.8. The first-order valence-electron chi connectivity index (χ1n) is 6.92. The van der Waals surface area contributed by atoms with E-state index in [2.05, 4.69) is 0 Å². The Morgan fingerprint density at radius 1 is 1.00 bits per heavy atom. The number of carbonyl (C=O) groups is 4. The van der Waals surface area contributed by atoms with Crippen molar-refractivity contribution in [2.45, 2.75) is 6.92 Å². The van der Waals surface area contributed by atoms with Crippen molar-refractivity contribution in [1.29, 1.82) is 0 Å². The van der Waals surface area contributed by atoms with Gasteiger partial charge >= 0.3 is 0 Å². The number of hydrogen-bond donors (Lipinski definition) is 0. The topological polar surface area (TPSA) is 84.7 Å². The fourth-order valence-corrected chi connectivity index (χ4v) is 2.62. The van der Waals surface area contributed by atoms with Gasteiger partial charge < -0.3 is 9.32 Å². The molecule has 0 bridgehead atoms. The van der Waals surface area contributed by atoms with Gasteiger partial charge in [-0.3, -0.25) is 19.2 Å². The van der Waals surface area contributed by atoms with Crippen LogP contribution < -0.4 is 0 Å². The minimum Gasteiger partial charge on any atom is -0.448 e. The van der Waals surface area contributed by atoms with E-state index in [-0.39, 0.29) is 33.8 Å². The van der Waals surface area contributed by atoms with Gasteiger partial charge in [0.15, 0.2) is 23.1 Å². The van der Waals surface area contributed by atoms with Crippen molar-refractivity contribution in [3.05, 3.63) is 58.0 Å². The Morgan fingerprint density at radius 2 is 1.57 bits per heavy atom. The van der Waals surface area contributed by atoms with Gasteiger partial charge in [0.2, 0.25) is 5.78 Å². The summed E-state index contributed by atoms with van der Waals surface area (Å²) in [6, 6.07) is 6.30. The molecule has 1 heterocycles. The summed E-state index contributed by atoms with van der Waals surface area (Å²) in [7, 11) is 2.99. The van der Waals surface area contributed by atoms with Crippen molar-refractivity contribution in [2.75, 3.05) is 14.1 Å². The summed E-state index contributed by atoms with van der Waals surface area (Å²) >= 11 is 0. The zero-order chi connectivity index (χ0) is 16.9. The molecule has 0 fully saturated rings. The molecule has 3 rings (SSSR count). The normalized spacial score (nSPS) is 12.7. The number of hydrogen-bond acceptors (Lipinski definition) is 5. The van der Waals surface area contributed by atoms with E-state index in [1.807, 2.05) is 0 Å². The molecule has 0 saturated heterocycles. The first-order valence-corrected chi connectivity index (χ1v) is 6.92. The molecule has 1 aliphatic rings. The number of carbonyl (C=O) groups excluding carboxylic acids is 4. The quantitative estimate of drug-likeness (QED) is 0.675. The standard InChI is InChI=1S/C17H13NO5/c1-8(19)15-12(17(22)18(2)3)11-13(20)9-6-4-5-7-10(9)14(21)16(11)23-15/h4-7H,1-3H3. The summed E-state index contributed by atoms with van der Waals surface area (Å²) in [5.74, 6) is -2.57. The van der Waals surface area contributed by atoms with Crippen LogP contribution in [-0.2, 0) is 0 Å². The van der Waals surface area contributed by atoms with Crippen LogP contribution in [0.15, 0.2) is 28.7 Å². The molecule has 1 aliphatic carbocycles. The third-order valence-electron chi connectivity index (χ3n) is 3.70. The molecule has 0 saturated carbocycles. The highest BCUT2D eigenvalue weighted by Crippen LogP contribution is 2.34. The highest BCUT2D eigenvalue weighted by molar-refractivity contribution is 6.31.